The fraction of sp³-hybridized carbons (Fsp3) is 0.316. The summed E-state index contributed by atoms with van der Waals surface area (Å²) in [5.74, 6) is 1.33. The smallest absolute Gasteiger partial charge is 0.257 e. The summed E-state index contributed by atoms with van der Waals surface area (Å²) in [7, 11) is 0. The summed E-state index contributed by atoms with van der Waals surface area (Å²) in [5, 5.41) is 3.43. The number of ether oxygens (including phenoxy) is 2. The molecule has 2 aromatic rings. The Hall–Kier alpha value is -2.20. The summed E-state index contributed by atoms with van der Waals surface area (Å²) in [6.45, 7) is 3.24. The van der Waals surface area contributed by atoms with Gasteiger partial charge in [0.2, 0.25) is 0 Å². The van der Waals surface area contributed by atoms with E-state index in [-0.39, 0.29) is 12.5 Å². The van der Waals surface area contributed by atoms with Crippen LogP contribution in [0.3, 0.4) is 0 Å². The van der Waals surface area contributed by atoms with Crippen LogP contribution < -0.4 is 14.8 Å². The van der Waals surface area contributed by atoms with Crippen LogP contribution in [-0.2, 0) is 11.2 Å². The zero-order valence-electron chi connectivity index (χ0n) is 13.8. The quantitative estimate of drug-likeness (QED) is 0.700. The van der Waals surface area contributed by atoms with E-state index < -0.39 is 0 Å². The Morgan fingerprint density at radius 3 is 2.58 bits per heavy atom. The average molecular weight is 348 g/mol. The van der Waals surface area contributed by atoms with Gasteiger partial charge < -0.3 is 14.8 Å². The standard InChI is InChI=1S/C19H22ClNO3/c1-2-23-17-10-8-15(9-11-17)5-4-12-21-19(22)14-24-18-7-3-6-16(20)13-18/h3,6-11,13H,2,4-5,12,14H2,1H3,(H,21,22). The molecule has 128 valence electrons. The van der Waals surface area contributed by atoms with E-state index in [9.17, 15) is 4.79 Å². The molecule has 0 radical (unpaired) electrons. The number of halogens is 1. The van der Waals surface area contributed by atoms with Crippen molar-refractivity contribution in [2.75, 3.05) is 19.8 Å². The van der Waals surface area contributed by atoms with Gasteiger partial charge in [-0.25, -0.2) is 0 Å². The SMILES string of the molecule is CCOc1ccc(CCCNC(=O)COc2cccc(Cl)c2)cc1. The fourth-order valence-electron chi connectivity index (χ4n) is 2.20. The van der Waals surface area contributed by atoms with Gasteiger partial charge in [-0.2, -0.15) is 0 Å². The second-order valence-electron chi connectivity index (χ2n) is 5.28. The molecule has 1 amide bonds. The molecule has 0 spiro atoms. The van der Waals surface area contributed by atoms with E-state index in [4.69, 9.17) is 21.1 Å². The van der Waals surface area contributed by atoms with Gasteiger partial charge in [0.25, 0.3) is 5.91 Å². The Morgan fingerprint density at radius 1 is 1.08 bits per heavy atom. The highest BCUT2D eigenvalue weighted by molar-refractivity contribution is 6.30. The molecule has 0 saturated heterocycles. The Kier molecular flexibility index (Phi) is 7.43. The molecule has 0 aromatic heterocycles. The van der Waals surface area contributed by atoms with Crippen molar-refractivity contribution in [2.45, 2.75) is 19.8 Å². The van der Waals surface area contributed by atoms with Crippen LogP contribution in [0.5, 0.6) is 11.5 Å². The predicted octanol–water partition coefficient (Wildman–Crippen LogP) is 3.87. The van der Waals surface area contributed by atoms with Crippen molar-refractivity contribution >= 4 is 17.5 Å². The van der Waals surface area contributed by atoms with E-state index in [1.165, 1.54) is 5.56 Å². The molecular formula is C19H22ClNO3. The van der Waals surface area contributed by atoms with Crippen molar-refractivity contribution in [1.82, 2.24) is 5.32 Å². The van der Waals surface area contributed by atoms with Crippen LogP contribution in [-0.4, -0.2) is 25.7 Å². The molecule has 5 heteroatoms. The van der Waals surface area contributed by atoms with Gasteiger partial charge in [-0.05, 0) is 55.7 Å². The number of hydrogen-bond donors (Lipinski definition) is 1. The van der Waals surface area contributed by atoms with Crippen molar-refractivity contribution in [3.05, 3.63) is 59.1 Å². The van der Waals surface area contributed by atoms with E-state index in [1.807, 2.05) is 19.1 Å². The van der Waals surface area contributed by atoms with E-state index >= 15 is 0 Å². The molecule has 0 aliphatic carbocycles. The molecule has 0 aliphatic heterocycles. The lowest BCUT2D eigenvalue weighted by Gasteiger charge is -2.08. The van der Waals surface area contributed by atoms with Crippen molar-refractivity contribution in [3.63, 3.8) is 0 Å². The topological polar surface area (TPSA) is 47.6 Å². The molecule has 0 bridgehead atoms. The second kappa shape index (κ2) is 9.83. The van der Waals surface area contributed by atoms with Crippen molar-refractivity contribution in [2.24, 2.45) is 0 Å². The minimum atomic E-state index is -0.137. The normalized spacial score (nSPS) is 10.2. The average Bonchev–Trinajstić information content (AvgIpc) is 2.59. The van der Waals surface area contributed by atoms with Crippen LogP contribution in [0.25, 0.3) is 0 Å². The van der Waals surface area contributed by atoms with Gasteiger partial charge in [-0.3, -0.25) is 4.79 Å². The van der Waals surface area contributed by atoms with Crippen LogP contribution in [0.1, 0.15) is 18.9 Å². The van der Waals surface area contributed by atoms with Gasteiger partial charge in [0.05, 0.1) is 6.61 Å². The van der Waals surface area contributed by atoms with E-state index in [1.54, 1.807) is 24.3 Å². The van der Waals surface area contributed by atoms with Gasteiger partial charge in [0, 0.05) is 11.6 Å². The second-order valence-corrected chi connectivity index (χ2v) is 5.71. The van der Waals surface area contributed by atoms with E-state index in [2.05, 4.69) is 17.4 Å². The molecule has 0 heterocycles. The van der Waals surface area contributed by atoms with Crippen LogP contribution in [0, 0.1) is 0 Å². The molecule has 0 unspecified atom stereocenters. The maximum atomic E-state index is 11.7. The van der Waals surface area contributed by atoms with Gasteiger partial charge >= 0.3 is 0 Å². The molecule has 1 N–H and O–H groups in total. The zero-order chi connectivity index (χ0) is 17.2. The number of benzene rings is 2. The molecule has 0 aliphatic rings. The summed E-state index contributed by atoms with van der Waals surface area (Å²) < 4.78 is 10.8. The largest absolute Gasteiger partial charge is 0.494 e. The van der Waals surface area contributed by atoms with Gasteiger partial charge in [0.1, 0.15) is 11.5 Å². The molecule has 0 atom stereocenters. The number of nitrogens with one attached hydrogen (secondary N) is 1. The third kappa shape index (κ3) is 6.50. The summed E-state index contributed by atoms with van der Waals surface area (Å²) in [5.41, 5.74) is 1.22. The predicted molar refractivity (Wildman–Crippen MR) is 95.9 cm³/mol. The highest BCUT2D eigenvalue weighted by Crippen LogP contribution is 2.16. The van der Waals surface area contributed by atoms with Crippen molar-refractivity contribution in [3.8, 4) is 11.5 Å². The maximum absolute atomic E-state index is 11.7. The summed E-state index contributed by atoms with van der Waals surface area (Å²) in [4.78, 5) is 11.7. The number of carbonyl (C=O) groups is 1. The Morgan fingerprint density at radius 2 is 1.88 bits per heavy atom. The van der Waals surface area contributed by atoms with Gasteiger partial charge in [-0.1, -0.05) is 29.8 Å². The number of rotatable bonds is 9. The first-order valence-electron chi connectivity index (χ1n) is 8.04. The van der Waals surface area contributed by atoms with Crippen LogP contribution >= 0.6 is 11.6 Å². The monoisotopic (exact) mass is 347 g/mol. The highest BCUT2D eigenvalue weighted by atomic mass is 35.5. The van der Waals surface area contributed by atoms with E-state index in [0.717, 1.165) is 18.6 Å². The minimum Gasteiger partial charge on any atom is -0.494 e. The fourth-order valence-corrected chi connectivity index (χ4v) is 2.38. The zero-order valence-corrected chi connectivity index (χ0v) is 14.5. The van der Waals surface area contributed by atoms with Crippen LogP contribution in [0.4, 0.5) is 0 Å². The summed E-state index contributed by atoms with van der Waals surface area (Å²) in [6, 6.07) is 15.0. The minimum absolute atomic E-state index is 0.0105. The van der Waals surface area contributed by atoms with Crippen LogP contribution in [0.2, 0.25) is 5.02 Å². The Labute approximate surface area is 147 Å². The Bertz CT molecular complexity index is 643. The highest BCUT2D eigenvalue weighted by Gasteiger charge is 2.03. The van der Waals surface area contributed by atoms with Gasteiger partial charge in [-0.15, -0.1) is 0 Å². The van der Waals surface area contributed by atoms with Crippen molar-refractivity contribution in [1.29, 1.82) is 0 Å². The first-order valence-corrected chi connectivity index (χ1v) is 8.42. The first-order chi connectivity index (χ1) is 11.7. The third-order valence-corrected chi connectivity index (χ3v) is 3.60. The first kappa shape index (κ1) is 18.1. The molecule has 24 heavy (non-hydrogen) atoms. The maximum Gasteiger partial charge on any atom is 0.257 e. The summed E-state index contributed by atoms with van der Waals surface area (Å²) >= 11 is 5.86. The van der Waals surface area contributed by atoms with Crippen molar-refractivity contribution < 1.29 is 14.3 Å². The number of carbonyl (C=O) groups excluding carboxylic acids is 1. The molecule has 2 aromatic carbocycles. The molecule has 4 nitrogen and oxygen atoms in total. The Balaban J connectivity index is 1.62. The van der Waals surface area contributed by atoms with E-state index in [0.29, 0.717) is 23.9 Å². The molecule has 2 rings (SSSR count). The van der Waals surface area contributed by atoms with Crippen LogP contribution in [0.15, 0.2) is 48.5 Å². The number of hydrogen-bond acceptors (Lipinski definition) is 3. The number of amides is 1. The molecule has 0 saturated carbocycles. The van der Waals surface area contributed by atoms with Gasteiger partial charge in [0.15, 0.2) is 6.61 Å². The lowest BCUT2D eigenvalue weighted by atomic mass is 10.1. The lowest BCUT2D eigenvalue weighted by Crippen LogP contribution is -2.29. The molecular weight excluding hydrogens is 326 g/mol. The lowest BCUT2D eigenvalue weighted by molar-refractivity contribution is -0.123. The number of aryl methyl sites for hydroxylation is 1. The third-order valence-electron chi connectivity index (χ3n) is 3.36. The molecule has 0 fully saturated rings. The summed E-state index contributed by atoms with van der Waals surface area (Å²) in [6.07, 6.45) is 1.78.